The number of benzene rings is 1. The van der Waals surface area contributed by atoms with Crippen LogP contribution in [0.3, 0.4) is 0 Å². The van der Waals surface area contributed by atoms with Crippen LogP contribution in [0.1, 0.15) is 28.4 Å². The van der Waals surface area contributed by atoms with Crippen LogP contribution >= 0.6 is 0 Å². The summed E-state index contributed by atoms with van der Waals surface area (Å²) in [6.07, 6.45) is 1.65. The van der Waals surface area contributed by atoms with Gasteiger partial charge in [-0.25, -0.2) is 0 Å². The third kappa shape index (κ3) is 2.67. The Morgan fingerprint density at radius 1 is 1.54 bits per heavy atom. The molecular weight excluding hydrogens is 162 g/mol. The second-order valence-electron chi connectivity index (χ2n) is 3.50. The van der Waals surface area contributed by atoms with Crippen molar-refractivity contribution in [3.8, 4) is 0 Å². The lowest BCUT2D eigenvalue weighted by Crippen LogP contribution is -2.18. The Bertz CT molecular complexity index is 305. The van der Waals surface area contributed by atoms with Crippen molar-refractivity contribution in [2.45, 2.75) is 26.3 Å². The fourth-order valence-electron chi connectivity index (χ4n) is 1.36. The molecule has 0 aliphatic carbocycles. The maximum atomic E-state index is 10.7. The van der Waals surface area contributed by atoms with E-state index in [0.717, 1.165) is 29.4 Å². The molecule has 1 rings (SSSR count). The van der Waals surface area contributed by atoms with Gasteiger partial charge in [0.05, 0.1) is 0 Å². The van der Waals surface area contributed by atoms with Crippen LogP contribution in [0.5, 0.6) is 0 Å². The van der Waals surface area contributed by atoms with E-state index in [0.29, 0.717) is 0 Å². The standard InChI is InChI=1S/C11H15NO/c1-8-3-4-10(6-9(2)12)11(5-8)7-13/h3-5,7,9H,6,12H2,1-2H3. The van der Waals surface area contributed by atoms with Gasteiger partial charge in [-0.15, -0.1) is 0 Å². The van der Waals surface area contributed by atoms with Crippen molar-refractivity contribution in [3.63, 3.8) is 0 Å². The van der Waals surface area contributed by atoms with Gasteiger partial charge in [-0.2, -0.15) is 0 Å². The van der Waals surface area contributed by atoms with E-state index in [2.05, 4.69) is 0 Å². The molecular formula is C11H15NO. The molecule has 0 heterocycles. The molecule has 1 atom stereocenters. The Morgan fingerprint density at radius 2 is 2.23 bits per heavy atom. The minimum absolute atomic E-state index is 0.0985. The Kier molecular flexibility index (Phi) is 3.20. The van der Waals surface area contributed by atoms with E-state index in [4.69, 9.17) is 5.73 Å². The van der Waals surface area contributed by atoms with Crippen LogP contribution in [0.4, 0.5) is 0 Å². The number of carbonyl (C=O) groups excluding carboxylic acids is 1. The van der Waals surface area contributed by atoms with Gasteiger partial charge in [0.25, 0.3) is 0 Å². The average Bonchev–Trinajstić information content (AvgIpc) is 2.07. The summed E-state index contributed by atoms with van der Waals surface area (Å²) >= 11 is 0. The Labute approximate surface area is 78.8 Å². The second-order valence-corrected chi connectivity index (χ2v) is 3.50. The highest BCUT2D eigenvalue weighted by molar-refractivity contribution is 5.77. The quantitative estimate of drug-likeness (QED) is 0.714. The molecule has 0 bridgehead atoms. The molecule has 0 fully saturated rings. The van der Waals surface area contributed by atoms with Crippen LogP contribution in [-0.4, -0.2) is 12.3 Å². The van der Waals surface area contributed by atoms with Crippen molar-refractivity contribution in [3.05, 3.63) is 34.9 Å². The molecule has 1 aromatic carbocycles. The summed E-state index contributed by atoms with van der Waals surface area (Å²) in [7, 11) is 0. The molecule has 0 radical (unpaired) electrons. The normalized spacial score (nSPS) is 12.5. The van der Waals surface area contributed by atoms with Crippen LogP contribution in [-0.2, 0) is 6.42 Å². The Balaban J connectivity index is 2.99. The molecule has 0 aromatic heterocycles. The van der Waals surface area contributed by atoms with E-state index in [-0.39, 0.29) is 6.04 Å². The van der Waals surface area contributed by atoms with Gasteiger partial charge >= 0.3 is 0 Å². The molecule has 1 aromatic rings. The van der Waals surface area contributed by atoms with Gasteiger partial charge in [-0.05, 0) is 31.9 Å². The SMILES string of the molecule is Cc1ccc(CC(C)N)c(C=O)c1. The summed E-state index contributed by atoms with van der Waals surface area (Å²) in [6.45, 7) is 3.91. The Hall–Kier alpha value is -1.15. The second kappa shape index (κ2) is 4.19. The van der Waals surface area contributed by atoms with E-state index in [1.165, 1.54) is 0 Å². The first-order valence-electron chi connectivity index (χ1n) is 4.43. The summed E-state index contributed by atoms with van der Waals surface area (Å²) in [5.41, 5.74) is 8.58. The molecule has 0 saturated heterocycles. The molecule has 70 valence electrons. The van der Waals surface area contributed by atoms with Gasteiger partial charge in [-0.3, -0.25) is 4.79 Å². The lowest BCUT2D eigenvalue weighted by molar-refractivity contribution is 0.112. The molecule has 2 heteroatoms. The number of nitrogens with two attached hydrogens (primary N) is 1. The monoisotopic (exact) mass is 177 g/mol. The maximum Gasteiger partial charge on any atom is 0.150 e. The number of hydrogen-bond donors (Lipinski definition) is 1. The van der Waals surface area contributed by atoms with Crippen molar-refractivity contribution >= 4 is 6.29 Å². The van der Waals surface area contributed by atoms with Crippen molar-refractivity contribution in [1.29, 1.82) is 0 Å². The molecule has 2 nitrogen and oxygen atoms in total. The number of hydrogen-bond acceptors (Lipinski definition) is 2. The van der Waals surface area contributed by atoms with Crippen LogP contribution in [0.2, 0.25) is 0 Å². The van der Waals surface area contributed by atoms with Crippen molar-refractivity contribution < 1.29 is 4.79 Å². The number of aldehydes is 1. The first-order valence-corrected chi connectivity index (χ1v) is 4.43. The van der Waals surface area contributed by atoms with Crippen LogP contribution in [0.15, 0.2) is 18.2 Å². The van der Waals surface area contributed by atoms with Gasteiger partial charge in [0, 0.05) is 11.6 Å². The van der Waals surface area contributed by atoms with E-state index in [1.807, 2.05) is 32.0 Å². The van der Waals surface area contributed by atoms with Gasteiger partial charge in [0.1, 0.15) is 6.29 Å². The topological polar surface area (TPSA) is 43.1 Å². The number of rotatable bonds is 3. The number of aryl methyl sites for hydroxylation is 1. The fourth-order valence-corrected chi connectivity index (χ4v) is 1.36. The van der Waals surface area contributed by atoms with Gasteiger partial charge in [0.15, 0.2) is 0 Å². The summed E-state index contributed by atoms with van der Waals surface area (Å²) in [6, 6.07) is 5.97. The average molecular weight is 177 g/mol. The first kappa shape index (κ1) is 9.93. The summed E-state index contributed by atoms with van der Waals surface area (Å²) in [5, 5.41) is 0. The molecule has 0 aliphatic heterocycles. The third-order valence-electron chi connectivity index (χ3n) is 1.97. The molecule has 1 unspecified atom stereocenters. The maximum absolute atomic E-state index is 10.7. The zero-order valence-corrected chi connectivity index (χ0v) is 8.08. The van der Waals surface area contributed by atoms with Crippen LogP contribution in [0.25, 0.3) is 0 Å². The van der Waals surface area contributed by atoms with Crippen molar-refractivity contribution in [2.75, 3.05) is 0 Å². The molecule has 2 N–H and O–H groups in total. The predicted octanol–water partition coefficient (Wildman–Crippen LogP) is 1.70. The third-order valence-corrected chi connectivity index (χ3v) is 1.97. The lowest BCUT2D eigenvalue weighted by atomic mass is 10.0. The predicted molar refractivity (Wildman–Crippen MR) is 53.9 cm³/mol. The van der Waals surface area contributed by atoms with Crippen LogP contribution in [0, 0.1) is 6.92 Å². The highest BCUT2D eigenvalue weighted by Gasteiger charge is 2.03. The zero-order valence-electron chi connectivity index (χ0n) is 8.08. The summed E-state index contributed by atoms with van der Waals surface area (Å²) in [5.74, 6) is 0. The van der Waals surface area contributed by atoms with Gasteiger partial charge < -0.3 is 5.73 Å². The molecule has 13 heavy (non-hydrogen) atoms. The van der Waals surface area contributed by atoms with Gasteiger partial charge in [-0.1, -0.05) is 17.7 Å². The van der Waals surface area contributed by atoms with Gasteiger partial charge in [0.2, 0.25) is 0 Å². The lowest BCUT2D eigenvalue weighted by Gasteiger charge is -2.08. The van der Waals surface area contributed by atoms with Crippen molar-refractivity contribution in [2.24, 2.45) is 5.73 Å². The van der Waals surface area contributed by atoms with E-state index in [9.17, 15) is 4.79 Å². The zero-order chi connectivity index (χ0) is 9.84. The fraction of sp³-hybridized carbons (Fsp3) is 0.364. The summed E-state index contributed by atoms with van der Waals surface area (Å²) in [4.78, 5) is 10.7. The van der Waals surface area contributed by atoms with E-state index >= 15 is 0 Å². The molecule has 0 saturated carbocycles. The Morgan fingerprint density at radius 3 is 2.77 bits per heavy atom. The minimum Gasteiger partial charge on any atom is -0.328 e. The minimum atomic E-state index is 0.0985. The first-order chi connectivity index (χ1) is 6.13. The van der Waals surface area contributed by atoms with E-state index < -0.39 is 0 Å². The van der Waals surface area contributed by atoms with Crippen molar-refractivity contribution in [1.82, 2.24) is 0 Å². The van der Waals surface area contributed by atoms with E-state index in [1.54, 1.807) is 0 Å². The van der Waals surface area contributed by atoms with Crippen LogP contribution < -0.4 is 5.73 Å². The molecule has 0 spiro atoms. The molecule has 0 aliphatic rings. The molecule has 0 amide bonds. The summed E-state index contributed by atoms with van der Waals surface area (Å²) < 4.78 is 0. The number of carbonyl (C=O) groups is 1. The highest BCUT2D eigenvalue weighted by Crippen LogP contribution is 2.11. The largest absolute Gasteiger partial charge is 0.328 e. The smallest absolute Gasteiger partial charge is 0.150 e. The highest BCUT2D eigenvalue weighted by atomic mass is 16.1.